The Morgan fingerprint density at radius 3 is 2.55 bits per heavy atom. The number of aryl methyl sites for hydroxylation is 2. The average Bonchev–Trinajstić information content (AvgIpc) is 2.82. The molecule has 118 valence electrons. The van der Waals surface area contributed by atoms with E-state index < -0.39 is 14.9 Å². The number of hydrogen-bond donors (Lipinski definition) is 1. The van der Waals surface area contributed by atoms with Crippen LogP contribution in [0.4, 0.5) is 5.69 Å². The molecular weight excluding hydrogens is 326 g/mol. The lowest BCUT2D eigenvalue weighted by Gasteiger charge is -2.11. The molecule has 0 fully saturated rings. The molecule has 1 N–H and O–H groups in total. The van der Waals surface area contributed by atoms with Crippen molar-refractivity contribution in [1.82, 2.24) is 9.71 Å². The van der Waals surface area contributed by atoms with Gasteiger partial charge in [0.2, 0.25) is 10.0 Å². The third-order valence-electron chi connectivity index (χ3n) is 3.15. The first-order valence-corrected chi connectivity index (χ1v) is 8.68. The van der Waals surface area contributed by atoms with Gasteiger partial charge in [-0.25, -0.2) is 18.1 Å². The van der Waals surface area contributed by atoms with Crippen LogP contribution in [0, 0.1) is 30.9 Å². The smallest absolute Gasteiger partial charge is 0.258 e. The molecule has 2 rings (SSSR count). The highest BCUT2D eigenvalue weighted by Gasteiger charge is 2.25. The number of aromatic nitrogens is 1. The molecule has 0 spiro atoms. The monoisotopic (exact) mass is 341 g/mol. The Morgan fingerprint density at radius 2 is 2.00 bits per heavy atom. The van der Waals surface area contributed by atoms with Gasteiger partial charge in [-0.15, -0.1) is 11.3 Å². The van der Waals surface area contributed by atoms with Gasteiger partial charge in [-0.1, -0.05) is 6.07 Å². The largest absolute Gasteiger partial charge is 0.273 e. The van der Waals surface area contributed by atoms with Crippen molar-refractivity contribution in [3.63, 3.8) is 0 Å². The molecule has 0 bridgehead atoms. The van der Waals surface area contributed by atoms with Crippen LogP contribution in [-0.4, -0.2) is 18.3 Å². The van der Waals surface area contributed by atoms with Gasteiger partial charge in [0, 0.05) is 29.2 Å². The normalized spacial score (nSPS) is 11.6. The molecule has 1 heterocycles. The molecule has 2 aromatic rings. The fraction of sp³-hybridized carbons (Fsp3) is 0.308. The van der Waals surface area contributed by atoms with E-state index in [-0.39, 0.29) is 22.7 Å². The molecule has 0 aliphatic carbocycles. The molecule has 0 radical (unpaired) electrons. The zero-order chi connectivity index (χ0) is 16.5. The predicted molar refractivity (Wildman–Crippen MR) is 83.4 cm³/mol. The van der Waals surface area contributed by atoms with Gasteiger partial charge in [-0.2, -0.15) is 0 Å². The minimum Gasteiger partial charge on any atom is -0.258 e. The van der Waals surface area contributed by atoms with Gasteiger partial charge in [0.15, 0.2) is 0 Å². The summed E-state index contributed by atoms with van der Waals surface area (Å²) in [5, 5.41) is 11.8. The van der Waals surface area contributed by atoms with E-state index in [1.165, 1.54) is 30.4 Å². The number of sulfonamides is 1. The van der Waals surface area contributed by atoms with Crippen LogP contribution in [0.3, 0.4) is 0 Å². The van der Waals surface area contributed by atoms with E-state index in [0.717, 1.165) is 9.88 Å². The highest BCUT2D eigenvalue weighted by molar-refractivity contribution is 7.89. The van der Waals surface area contributed by atoms with E-state index in [0.29, 0.717) is 5.56 Å². The Morgan fingerprint density at radius 1 is 1.32 bits per heavy atom. The van der Waals surface area contributed by atoms with Crippen LogP contribution in [-0.2, 0) is 16.6 Å². The average molecular weight is 341 g/mol. The zero-order valence-corrected chi connectivity index (χ0v) is 13.9. The second-order valence-electron chi connectivity index (χ2n) is 4.78. The molecule has 0 amide bonds. The molecule has 0 saturated heterocycles. The number of hydrogen-bond acceptors (Lipinski definition) is 6. The predicted octanol–water partition coefficient (Wildman–Crippen LogP) is 2.46. The number of nitrogens with one attached hydrogen (secondary N) is 1. The third kappa shape index (κ3) is 3.32. The van der Waals surface area contributed by atoms with E-state index in [9.17, 15) is 18.5 Å². The molecule has 0 atom stereocenters. The number of thiazole rings is 1. The second kappa shape index (κ2) is 6.11. The molecule has 0 aliphatic heterocycles. The van der Waals surface area contributed by atoms with Gasteiger partial charge in [0.1, 0.15) is 0 Å². The SMILES string of the molecule is Cc1ncc(CNS(=O)(=O)c2c(C)ccc([N+](=O)[O-])c2C)s1. The first kappa shape index (κ1) is 16.5. The maximum absolute atomic E-state index is 12.5. The van der Waals surface area contributed by atoms with Crippen molar-refractivity contribution in [3.05, 3.63) is 49.5 Å². The summed E-state index contributed by atoms with van der Waals surface area (Å²) in [6, 6.07) is 2.76. The number of nitro groups is 1. The van der Waals surface area contributed by atoms with E-state index in [4.69, 9.17) is 0 Å². The van der Waals surface area contributed by atoms with Crippen molar-refractivity contribution in [2.75, 3.05) is 0 Å². The maximum atomic E-state index is 12.5. The minimum absolute atomic E-state index is 0.0389. The van der Waals surface area contributed by atoms with E-state index in [1.54, 1.807) is 13.1 Å². The highest BCUT2D eigenvalue weighted by atomic mass is 32.2. The summed E-state index contributed by atoms with van der Waals surface area (Å²) in [7, 11) is -3.84. The van der Waals surface area contributed by atoms with Gasteiger partial charge in [0.25, 0.3) is 5.69 Å². The molecule has 1 aromatic heterocycles. The first-order chi connectivity index (χ1) is 10.2. The summed E-state index contributed by atoms with van der Waals surface area (Å²) >= 11 is 1.39. The van der Waals surface area contributed by atoms with Crippen molar-refractivity contribution in [2.24, 2.45) is 0 Å². The lowest BCUT2D eigenvalue weighted by Crippen LogP contribution is -2.24. The van der Waals surface area contributed by atoms with Gasteiger partial charge in [-0.05, 0) is 26.3 Å². The highest BCUT2D eigenvalue weighted by Crippen LogP contribution is 2.28. The van der Waals surface area contributed by atoms with Gasteiger partial charge in [-0.3, -0.25) is 10.1 Å². The molecular formula is C13H15N3O4S2. The molecule has 9 heteroatoms. The van der Waals surface area contributed by atoms with Crippen LogP contribution in [0.1, 0.15) is 21.0 Å². The van der Waals surface area contributed by atoms with Crippen molar-refractivity contribution in [1.29, 1.82) is 0 Å². The standard InChI is InChI=1S/C13H15N3O4S2/c1-8-4-5-12(16(17)18)9(2)13(8)22(19,20)15-7-11-6-14-10(3)21-11/h4-6,15H,7H2,1-3H3. The van der Waals surface area contributed by atoms with E-state index in [1.807, 2.05) is 6.92 Å². The summed E-state index contributed by atoms with van der Waals surface area (Å²) in [5.41, 5.74) is 0.397. The summed E-state index contributed by atoms with van der Waals surface area (Å²) in [6.07, 6.45) is 1.61. The van der Waals surface area contributed by atoms with Crippen molar-refractivity contribution >= 4 is 27.0 Å². The molecule has 0 unspecified atom stereocenters. The van der Waals surface area contributed by atoms with E-state index in [2.05, 4.69) is 9.71 Å². The lowest BCUT2D eigenvalue weighted by molar-refractivity contribution is -0.385. The van der Waals surface area contributed by atoms with Gasteiger partial charge < -0.3 is 0 Å². The van der Waals surface area contributed by atoms with Crippen molar-refractivity contribution in [2.45, 2.75) is 32.2 Å². The van der Waals surface area contributed by atoms with Crippen LogP contribution in [0.2, 0.25) is 0 Å². The molecule has 0 saturated carbocycles. The summed E-state index contributed by atoms with van der Waals surface area (Å²) in [4.78, 5) is 15.2. The summed E-state index contributed by atoms with van der Waals surface area (Å²) in [5.74, 6) is 0. The Hall–Kier alpha value is -1.84. The quantitative estimate of drug-likeness (QED) is 0.665. The van der Waals surface area contributed by atoms with Crippen LogP contribution < -0.4 is 4.72 Å². The van der Waals surface area contributed by atoms with Gasteiger partial charge >= 0.3 is 0 Å². The van der Waals surface area contributed by atoms with Crippen LogP contribution in [0.25, 0.3) is 0 Å². The molecule has 0 aliphatic rings. The number of rotatable bonds is 5. The van der Waals surface area contributed by atoms with Crippen LogP contribution >= 0.6 is 11.3 Å². The number of nitro benzene ring substituents is 1. The Labute approximate surface area is 132 Å². The Kier molecular flexibility index (Phi) is 4.59. The van der Waals surface area contributed by atoms with Gasteiger partial charge in [0.05, 0.1) is 14.8 Å². The summed E-state index contributed by atoms with van der Waals surface area (Å²) in [6.45, 7) is 4.99. The van der Waals surface area contributed by atoms with Crippen LogP contribution in [0.5, 0.6) is 0 Å². The van der Waals surface area contributed by atoms with E-state index >= 15 is 0 Å². The molecule has 1 aromatic carbocycles. The van der Waals surface area contributed by atoms with Crippen molar-refractivity contribution in [3.8, 4) is 0 Å². The maximum Gasteiger partial charge on any atom is 0.273 e. The fourth-order valence-corrected chi connectivity index (χ4v) is 4.47. The molecule has 7 nitrogen and oxygen atoms in total. The summed E-state index contributed by atoms with van der Waals surface area (Å²) < 4.78 is 27.4. The number of benzene rings is 1. The van der Waals surface area contributed by atoms with Crippen molar-refractivity contribution < 1.29 is 13.3 Å². The topological polar surface area (TPSA) is 102 Å². The third-order valence-corrected chi connectivity index (χ3v) is 5.75. The second-order valence-corrected chi connectivity index (χ2v) is 7.81. The zero-order valence-electron chi connectivity index (χ0n) is 12.3. The Balaban J connectivity index is 2.36. The molecule has 22 heavy (non-hydrogen) atoms. The minimum atomic E-state index is -3.84. The number of nitrogens with zero attached hydrogens (tertiary/aromatic N) is 2. The first-order valence-electron chi connectivity index (χ1n) is 6.38. The Bertz CT molecular complexity index is 828. The lowest BCUT2D eigenvalue weighted by atomic mass is 10.1. The van der Waals surface area contributed by atoms with Crippen LogP contribution in [0.15, 0.2) is 23.2 Å². The fourth-order valence-electron chi connectivity index (χ4n) is 2.15.